The number of hydrogen-bond acceptors (Lipinski definition) is 5. The predicted molar refractivity (Wildman–Crippen MR) is 73.6 cm³/mol. The molecule has 2 unspecified atom stereocenters. The number of carbonyl (C=O) groups is 1. The molecule has 1 aromatic carbocycles. The van der Waals surface area contributed by atoms with E-state index in [2.05, 4.69) is 0 Å². The molecule has 1 aliphatic rings. The van der Waals surface area contributed by atoms with E-state index in [0.29, 0.717) is 25.3 Å². The normalized spacial score (nSPS) is 24.6. The monoisotopic (exact) mass is 280 g/mol. The third-order valence-electron chi connectivity index (χ3n) is 3.72. The maximum absolute atomic E-state index is 11.1. The molecule has 20 heavy (non-hydrogen) atoms. The Labute approximate surface area is 117 Å². The van der Waals surface area contributed by atoms with E-state index in [9.17, 15) is 9.90 Å². The van der Waals surface area contributed by atoms with Crippen LogP contribution in [-0.2, 0) is 4.79 Å². The van der Waals surface area contributed by atoms with Crippen molar-refractivity contribution in [2.75, 3.05) is 26.7 Å². The first-order valence-electron chi connectivity index (χ1n) is 6.51. The maximum Gasteiger partial charge on any atom is 0.325 e. The van der Waals surface area contributed by atoms with Gasteiger partial charge in [-0.05, 0) is 24.1 Å². The number of methoxy groups -OCH3 is 1. The SMILES string of the molecule is COc1cccc(C(O)CN2CCC(N)(C(=O)O)C2)c1. The van der Waals surface area contributed by atoms with Crippen molar-refractivity contribution in [3.05, 3.63) is 29.8 Å². The quantitative estimate of drug-likeness (QED) is 0.714. The summed E-state index contributed by atoms with van der Waals surface area (Å²) in [6, 6.07) is 7.21. The van der Waals surface area contributed by atoms with E-state index in [0.717, 1.165) is 5.56 Å². The fraction of sp³-hybridized carbons (Fsp3) is 0.500. The van der Waals surface area contributed by atoms with Crippen LogP contribution in [0.2, 0.25) is 0 Å². The number of hydrogen-bond donors (Lipinski definition) is 3. The lowest BCUT2D eigenvalue weighted by Crippen LogP contribution is -2.50. The summed E-state index contributed by atoms with van der Waals surface area (Å²) in [5, 5.41) is 19.3. The molecule has 1 heterocycles. The molecule has 0 aliphatic carbocycles. The van der Waals surface area contributed by atoms with Crippen LogP contribution in [0.5, 0.6) is 5.75 Å². The van der Waals surface area contributed by atoms with Crippen LogP contribution >= 0.6 is 0 Å². The van der Waals surface area contributed by atoms with E-state index in [1.165, 1.54) is 0 Å². The third kappa shape index (κ3) is 3.09. The Balaban J connectivity index is 1.98. The molecule has 4 N–H and O–H groups in total. The molecule has 6 heteroatoms. The molecule has 0 saturated carbocycles. The van der Waals surface area contributed by atoms with Gasteiger partial charge in [0.2, 0.25) is 0 Å². The van der Waals surface area contributed by atoms with Crippen molar-refractivity contribution >= 4 is 5.97 Å². The molecule has 0 spiro atoms. The number of aliphatic hydroxyl groups is 1. The van der Waals surface area contributed by atoms with E-state index in [1.54, 1.807) is 19.2 Å². The van der Waals surface area contributed by atoms with Crippen LogP contribution in [-0.4, -0.2) is 53.4 Å². The van der Waals surface area contributed by atoms with Crippen molar-refractivity contribution in [2.45, 2.75) is 18.1 Å². The molecule has 1 fully saturated rings. The summed E-state index contributed by atoms with van der Waals surface area (Å²) in [6.45, 7) is 1.19. The average molecular weight is 280 g/mol. The molecule has 0 bridgehead atoms. The molecular weight excluding hydrogens is 260 g/mol. The Bertz CT molecular complexity index is 494. The van der Waals surface area contributed by atoms with Gasteiger partial charge in [-0.2, -0.15) is 0 Å². The summed E-state index contributed by atoms with van der Waals surface area (Å²) in [7, 11) is 1.57. The van der Waals surface area contributed by atoms with Crippen LogP contribution in [0.15, 0.2) is 24.3 Å². The van der Waals surface area contributed by atoms with Crippen molar-refractivity contribution in [1.29, 1.82) is 0 Å². The van der Waals surface area contributed by atoms with Gasteiger partial charge in [0.25, 0.3) is 0 Å². The lowest BCUT2D eigenvalue weighted by Gasteiger charge is -2.22. The fourth-order valence-corrected chi connectivity index (χ4v) is 2.44. The van der Waals surface area contributed by atoms with Crippen LogP contribution in [0.3, 0.4) is 0 Å². The minimum absolute atomic E-state index is 0.253. The topological polar surface area (TPSA) is 96.0 Å². The Hall–Kier alpha value is -1.63. The number of likely N-dealkylation sites (tertiary alicyclic amines) is 1. The molecular formula is C14H20N2O4. The van der Waals surface area contributed by atoms with Gasteiger partial charge in [0.05, 0.1) is 13.2 Å². The van der Waals surface area contributed by atoms with E-state index >= 15 is 0 Å². The van der Waals surface area contributed by atoms with Crippen LogP contribution in [0, 0.1) is 0 Å². The Morgan fingerprint density at radius 3 is 2.95 bits per heavy atom. The first-order valence-corrected chi connectivity index (χ1v) is 6.51. The summed E-state index contributed by atoms with van der Waals surface area (Å²) in [5.41, 5.74) is 5.35. The second kappa shape index (κ2) is 5.78. The first kappa shape index (κ1) is 14.8. The lowest BCUT2D eigenvalue weighted by atomic mass is 10.0. The van der Waals surface area contributed by atoms with Crippen LogP contribution in [0.4, 0.5) is 0 Å². The average Bonchev–Trinajstić information content (AvgIpc) is 2.81. The van der Waals surface area contributed by atoms with E-state index in [-0.39, 0.29) is 6.54 Å². The highest BCUT2D eigenvalue weighted by molar-refractivity contribution is 5.79. The van der Waals surface area contributed by atoms with Crippen LogP contribution in [0.1, 0.15) is 18.1 Å². The summed E-state index contributed by atoms with van der Waals surface area (Å²) in [6.07, 6.45) is -0.297. The zero-order valence-corrected chi connectivity index (χ0v) is 11.5. The minimum atomic E-state index is -1.20. The number of nitrogens with two attached hydrogens (primary N) is 1. The van der Waals surface area contributed by atoms with Gasteiger partial charge >= 0.3 is 5.97 Å². The summed E-state index contributed by atoms with van der Waals surface area (Å²) >= 11 is 0. The van der Waals surface area contributed by atoms with Gasteiger partial charge in [-0.3, -0.25) is 9.69 Å². The molecule has 110 valence electrons. The van der Waals surface area contributed by atoms with Gasteiger partial charge in [-0.15, -0.1) is 0 Å². The standard InChI is InChI=1S/C14H20N2O4/c1-20-11-4-2-3-10(7-11)12(17)8-16-6-5-14(15,9-16)13(18)19/h2-4,7,12,17H,5-6,8-9,15H2,1H3,(H,18,19). The molecule has 0 radical (unpaired) electrons. The maximum atomic E-state index is 11.1. The molecule has 2 atom stereocenters. The third-order valence-corrected chi connectivity index (χ3v) is 3.72. The highest BCUT2D eigenvalue weighted by atomic mass is 16.5. The predicted octanol–water partition coefficient (Wildman–Crippen LogP) is 0.216. The Morgan fingerprint density at radius 2 is 2.35 bits per heavy atom. The summed E-state index contributed by atoms with van der Waals surface area (Å²) < 4.78 is 5.12. The zero-order valence-electron chi connectivity index (χ0n) is 11.5. The fourth-order valence-electron chi connectivity index (χ4n) is 2.44. The van der Waals surface area contributed by atoms with Gasteiger partial charge < -0.3 is 20.7 Å². The molecule has 2 rings (SSSR count). The van der Waals surface area contributed by atoms with Crippen molar-refractivity contribution in [3.63, 3.8) is 0 Å². The molecule has 1 aliphatic heterocycles. The van der Waals surface area contributed by atoms with Gasteiger partial charge in [0.15, 0.2) is 0 Å². The van der Waals surface area contributed by atoms with Gasteiger partial charge in [0, 0.05) is 19.6 Å². The van der Waals surface area contributed by atoms with E-state index < -0.39 is 17.6 Å². The molecule has 6 nitrogen and oxygen atoms in total. The van der Waals surface area contributed by atoms with Crippen molar-refractivity contribution in [3.8, 4) is 5.75 Å². The molecule has 1 aromatic rings. The second-order valence-corrected chi connectivity index (χ2v) is 5.24. The van der Waals surface area contributed by atoms with Crippen LogP contribution < -0.4 is 10.5 Å². The van der Waals surface area contributed by atoms with Gasteiger partial charge in [0.1, 0.15) is 11.3 Å². The number of carboxylic acid groups (broad SMARTS) is 1. The Kier molecular flexibility index (Phi) is 4.27. The molecule has 0 amide bonds. The van der Waals surface area contributed by atoms with E-state index in [4.69, 9.17) is 15.6 Å². The number of nitrogens with zero attached hydrogens (tertiary/aromatic N) is 1. The summed E-state index contributed by atoms with van der Waals surface area (Å²) in [5.74, 6) is -0.308. The number of β-amino-alcohol motifs (C(OH)–C–C–N with tert-alkyl or cyclic N) is 1. The number of ether oxygens (including phenoxy) is 1. The number of rotatable bonds is 5. The zero-order chi connectivity index (χ0) is 14.8. The number of aliphatic hydroxyl groups excluding tert-OH is 1. The number of benzene rings is 1. The lowest BCUT2D eigenvalue weighted by molar-refractivity contribution is -0.142. The number of carboxylic acids is 1. The number of aliphatic carboxylic acids is 1. The summed E-state index contributed by atoms with van der Waals surface area (Å²) in [4.78, 5) is 13.0. The Morgan fingerprint density at radius 1 is 1.60 bits per heavy atom. The van der Waals surface area contributed by atoms with Crippen molar-refractivity contribution < 1.29 is 19.7 Å². The first-order chi connectivity index (χ1) is 9.44. The van der Waals surface area contributed by atoms with Crippen molar-refractivity contribution in [1.82, 2.24) is 4.90 Å². The van der Waals surface area contributed by atoms with Gasteiger partial charge in [-0.25, -0.2) is 0 Å². The molecule has 1 saturated heterocycles. The van der Waals surface area contributed by atoms with E-state index in [1.807, 2.05) is 17.0 Å². The highest BCUT2D eigenvalue weighted by Crippen LogP contribution is 2.24. The van der Waals surface area contributed by atoms with Crippen molar-refractivity contribution in [2.24, 2.45) is 5.73 Å². The highest BCUT2D eigenvalue weighted by Gasteiger charge is 2.41. The largest absolute Gasteiger partial charge is 0.497 e. The van der Waals surface area contributed by atoms with Crippen LogP contribution in [0.25, 0.3) is 0 Å². The minimum Gasteiger partial charge on any atom is -0.497 e. The van der Waals surface area contributed by atoms with Gasteiger partial charge in [-0.1, -0.05) is 12.1 Å². The smallest absolute Gasteiger partial charge is 0.325 e. The second-order valence-electron chi connectivity index (χ2n) is 5.24. The molecule has 0 aromatic heterocycles.